The Kier molecular flexibility index (Phi) is 3.76. The molecule has 0 bridgehead atoms. The van der Waals surface area contributed by atoms with E-state index in [1.165, 1.54) is 19.2 Å². The number of rotatable bonds is 2. The van der Waals surface area contributed by atoms with Gasteiger partial charge in [-0.15, -0.1) is 0 Å². The number of aromatic hydroxyl groups is 1. The molecule has 1 aromatic rings. The van der Waals surface area contributed by atoms with Gasteiger partial charge in [-0.3, -0.25) is 4.79 Å². The monoisotopic (exact) mass is 334 g/mol. The Morgan fingerprint density at radius 2 is 2.08 bits per heavy atom. The number of fused-ring (bicyclic) bond motifs is 2. The van der Waals surface area contributed by atoms with Crippen molar-refractivity contribution in [1.29, 1.82) is 0 Å². The molecule has 2 atom stereocenters. The highest BCUT2D eigenvalue weighted by Gasteiger charge is 2.61. The molecule has 1 heterocycles. The van der Waals surface area contributed by atoms with Crippen molar-refractivity contribution in [3.05, 3.63) is 34.6 Å². The van der Waals surface area contributed by atoms with Gasteiger partial charge in [-0.2, -0.15) is 0 Å². The van der Waals surface area contributed by atoms with Gasteiger partial charge in [0.2, 0.25) is 5.78 Å². The van der Waals surface area contributed by atoms with Crippen molar-refractivity contribution in [2.45, 2.75) is 31.5 Å². The van der Waals surface area contributed by atoms with Crippen molar-refractivity contribution in [1.82, 2.24) is 0 Å². The molecule has 24 heavy (non-hydrogen) atoms. The van der Waals surface area contributed by atoms with E-state index in [2.05, 4.69) is 0 Å². The van der Waals surface area contributed by atoms with Crippen LogP contribution in [0.3, 0.4) is 0 Å². The van der Waals surface area contributed by atoms with Crippen LogP contribution >= 0.6 is 0 Å². The van der Waals surface area contributed by atoms with Gasteiger partial charge in [-0.1, -0.05) is 0 Å². The number of hydrogen-bond acceptors (Lipinski definition) is 7. The Morgan fingerprint density at radius 3 is 2.71 bits per heavy atom. The number of phenols is 1. The van der Waals surface area contributed by atoms with E-state index in [1.807, 2.05) is 0 Å². The summed E-state index contributed by atoms with van der Waals surface area (Å²) in [7, 11) is 2.53. The summed E-state index contributed by atoms with van der Waals surface area (Å²) in [6, 6.07) is 2.96. The Balaban J connectivity index is 2.35. The van der Waals surface area contributed by atoms with Crippen LogP contribution in [0.1, 0.15) is 28.8 Å². The maximum atomic E-state index is 13.0. The lowest BCUT2D eigenvalue weighted by Gasteiger charge is -2.43. The number of aryl methyl sites for hydroxylation is 1. The van der Waals surface area contributed by atoms with E-state index in [9.17, 15) is 19.8 Å². The van der Waals surface area contributed by atoms with Gasteiger partial charge >= 0.3 is 5.97 Å². The topological polar surface area (TPSA) is 102 Å². The van der Waals surface area contributed by atoms with Crippen LogP contribution in [0.4, 0.5) is 0 Å². The van der Waals surface area contributed by atoms with Gasteiger partial charge in [0.1, 0.15) is 28.9 Å². The van der Waals surface area contributed by atoms with Crippen LogP contribution in [-0.4, -0.2) is 47.9 Å². The molecule has 0 unspecified atom stereocenters. The Bertz CT molecular complexity index is 764. The summed E-state index contributed by atoms with van der Waals surface area (Å²) in [5, 5.41) is 20.7. The molecule has 7 heteroatoms. The molecule has 7 nitrogen and oxygen atoms in total. The second kappa shape index (κ2) is 5.52. The van der Waals surface area contributed by atoms with E-state index in [0.717, 1.165) is 7.11 Å². The van der Waals surface area contributed by atoms with Crippen LogP contribution in [0.5, 0.6) is 11.5 Å². The predicted molar refractivity (Wildman–Crippen MR) is 81.8 cm³/mol. The number of carbonyl (C=O) groups is 2. The molecule has 1 aliphatic carbocycles. The first-order valence-electron chi connectivity index (χ1n) is 7.48. The molecule has 2 N–H and O–H groups in total. The molecule has 0 saturated carbocycles. The maximum Gasteiger partial charge on any atom is 0.358 e. The first kappa shape index (κ1) is 16.3. The molecule has 0 amide bonds. The number of methoxy groups -OCH3 is 2. The lowest BCUT2D eigenvalue weighted by Crippen LogP contribution is -2.61. The highest BCUT2D eigenvalue weighted by atomic mass is 16.6. The van der Waals surface area contributed by atoms with E-state index in [1.54, 1.807) is 6.92 Å². The minimum Gasteiger partial charge on any atom is -0.507 e. The number of esters is 1. The Morgan fingerprint density at radius 1 is 1.38 bits per heavy atom. The zero-order valence-corrected chi connectivity index (χ0v) is 13.6. The normalized spacial score (nSPS) is 25.5. The minimum absolute atomic E-state index is 0.0306. The third-order valence-electron chi connectivity index (χ3n) is 4.45. The number of phenolic OH excluding ortho intramolecular Hbond substituents is 1. The molecule has 2 aliphatic rings. The molecule has 0 fully saturated rings. The quantitative estimate of drug-likeness (QED) is 0.785. The smallest absolute Gasteiger partial charge is 0.358 e. The largest absolute Gasteiger partial charge is 0.507 e. The number of allylic oxidation sites excluding steroid dienone is 1. The average molecular weight is 334 g/mol. The van der Waals surface area contributed by atoms with Crippen LogP contribution in [-0.2, 0) is 14.3 Å². The summed E-state index contributed by atoms with van der Waals surface area (Å²) < 4.78 is 15.9. The molecule has 1 aliphatic heterocycles. The maximum absolute atomic E-state index is 13.0. The molecule has 128 valence electrons. The number of Topliss-reactive ketones (excluding diaryl/α,β-unsaturated/α-hetero) is 1. The van der Waals surface area contributed by atoms with Crippen LogP contribution in [0.15, 0.2) is 23.5 Å². The molecule has 1 aromatic carbocycles. The minimum atomic E-state index is -2.00. The molecule has 0 radical (unpaired) electrons. The number of benzene rings is 1. The number of aliphatic hydroxyl groups is 1. The molecule has 0 saturated heterocycles. The second-order valence-electron chi connectivity index (χ2n) is 5.87. The Labute approximate surface area is 138 Å². The number of hydrogen-bond donors (Lipinski definition) is 2. The van der Waals surface area contributed by atoms with E-state index in [0.29, 0.717) is 5.56 Å². The molecular weight excluding hydrogens is 316 g/mol. The first-order chi connectivity index (χ1) is 11.4. The summed E-state index contributed by atoms with van der Waals surface area (Å²) in [5.74, 6) is -1.49. The summed E-state index contributed by atoms with van der Waals surface area (Å²) in [5.41, 5.74) is -1.53. The van der Waals surface area contributed by atoms with Crippen molar-refractivity contribution in [3.63, 3.8) is 0 Å². The van der Waals surface area contributed by atoms with Gasteiger partial charge in [-0.05, 0) is 31.0 Å². The zero-order valence-electron chi connectivity index (χ0n) is 13.6. The molecule has 3 rings (SSSR count). The van der Waals surface area contributed by atoms with Crippen LogP contribution in [0.25, 0.3) is 0 Å². The predicted octanol–water partition coefficient (Wildman–Crippen LogP) is 1.24. The Hall–Kier alpha value is -2.54. The number of carbonyl (C=O) groups excluding carboxylic acids is 2. The average Bonchev–Trinajstić information content (AvgIpc) is 2.54. The van der Waals surface area contributed by atoms with Gasteiger partial charge in [-0.25, -0.2) is 4.79 Å². The SMILES string of the molecule is COC(=O)[C@@]12Oc3cc(C)cc(O)c3C(=O)C1=C(OC)CC[C@H]2O. The third kappa shape index (κ3) is 2.01. The van der Waals surface area contributed by atoms with Crippen LogP contribution < -0.4 is 4.74 Å². The lowest BCUT2D eigenvalue weighted by molar-refractivity contribution is -0.167. The van der Waals surface area contributed by atoms with E-state index < -0.39 is 23.5 Å². The summed E-state index contributed by atoms with van der Waals surface area (Å²) in [4.78, 5) is 25.5. The first-order valence-corrected chi connectivity index (χ1v) is 7.48. The number of aliphatic hydroxyl groups excluding tert-OH is 1. The van der Waals surface area contributed by atoms with Gasteiger partial charge < -0.3 is 24.4 Å². The fourth-order valence-electron chi connectivity index (χ4n) is 3.36. The van der Waals surface area contributed by atoms with Gasteiger partial charge in [0.05, 0.1) is 19.8 Å². The highest BCUT2D eigenvalue weighted by molar-refractivity contribution is 6.18. The highest BCUT2D eigenvalue weighted by Crippen LogP contribution is 2.48. The summed E-state index contributed by atoms with van der Waals surface area (Å²) in [6.45, 7) is 1.71. The standard InChI is InChI=1S/C17H18O7/c1-8-6-9(18)13-11(7-8)24-17(16(21)23-3)12(19)5-4-10(22-2)14(17)15(13)20/h6-7,12,18-19H,4-5H2,1-3H3/t12-,17+/m1/s1. The van der Waals surface area contributed by atoms with Gasteiger partial charge in [0.25, 0.3) is 5.60 Å². The zero-order chi connectivity index (χ0) is 17.6. The van der Waals surface area contributed by atoms with E-state index in [4.69, 9.17) is 14.2 Å². The van der Waals surface area contributed by atoms with E-state index >= 15 is 0 Å². The van der Waals surface area contributed by atoms with Crippen LogP contribution in [0, 0.1) is 6.92 Å². The van der Waals surface area contributed by atoms with Crippen molar-refractivity contribution < 1.29 is 34.0 Å². The van der Waals surface area contributed by atoms with E-state index in [-0.39, 0.29) is 41.2 Å². The fourth-order valence-corrected chi connectivity index (χ4v) is 3.36. The molecule has 0 aromatic heterocycles. The van der Waals surface area contributed by atoms with Crippen molar-refractivity contribution in [2.75, 3.05) is 14.2 Å². The van der Waals surface area contributed by atoms with Crippen LogP contribution in [0.2, 0.25) is 0 Å². The van der Waals surface area contributed by atoms with Crippen molar-refractivity contribution in [2.24, 2.45) is 0 Å². The second-order valence-corrected chi connectivity index (χ2v) is 5.87. The van der Waals surface area contributed by atoms with Gasteiger partial charge in [0, 0.05) is 6.42 Å². The van der Waals surface area contributed by atoms with Gasteiger partial charge in [0.15, 0.2) is 0 Å². The fraction of sp³-hybridized carbons (Fsp3) is 0.412. The van der Waals surface area contributed by atoms with Crippen molar-refractivity contribution >= 4 is 11.8 Å². The molecular formula is C17H18O7. The lowest BCUT2D eigenvalue weighted by atomic mass is 9.74. The third-order valence-corrected chi connectivity index (χ3v) is 4.45. The van der Waals surface area contributed by atoms with Crippen molar-refractivity contribution in [3.8, 4) is 11.5 Å². The number of ketones is 1. The molecule has 0 spiro atoms. The summed E-state index contributed by atoms with van der Waals surface area (Å²) >= 11 is 0. The summed E-state index contributed by atoms with van der Waals surface area (Å²) in [6.07, 6.45) is -0.844. The number of ether oxygens (including phenoxy) is 3.